The minimum Gasteiger partial charge on any atom is -0.459 e. The Morgan fingerprint density at radius 1 is 1.50 bits per heavy atom. The van der Waals surface area contributed by atoms with Crippen LogP contribution in [0.25, 0.3) is 0 Å². The highest BCUT2D eigenvalue weighted by Crippen LogP contribution is 2.47. The van der Waals surface area contributed by atoms with Crippen molar-refractivity contribution in [1.29, 1.82) is 0 Å². The number of hydrogen-bond donors (Lipinski definition) is 2. The summed E-state index contributed by atoms with van der Waals surface area (Å²) in [6.07, 6.45) is 1.19. The monoisotopic (exact) mass is 200 g/mol. The molecule has 0 aromatic rings. The van der Waals surface area contributed by atoms with Crippen LogP contribution in [0.15, 0.2) is 5.16 Å². The average molecular weight is 200 g/mol. The van der Waals surface area contributed by atoms with E-state index in [1.54, 1.807) is 20.8 Å². The fourth-order valence-electron chi connectivity index (χ4n) is 1.16. The molecule has 1 saturated carbocycles. The molecular weight excluding hydrogens is 184 g/mol. The van der Waals surface area contributed by atoms with Crippen LogP contribution in [0.5, 0.6) is 0 Å². The van der Waals surface area contributed by atoms with Crippen LogP contribution in [0.2, 0.25) is 0 Å². The van der Waals surface area contributed by atoms with E-state index in [4.69, 9.17) is 15.7 Å². The number of amidine groups is 1. The van der Waals surface area contributed by atoms with Gasteiger partial charge in [-0.25, -0.2) is 0 Å². The van der Waals surface area contributed by atoms with E-state index in [1.165, 1.54) is 0 Å². The Labute approximate surface area is 82.9 Å². The number of oxime groups is 1. The van der Waals surface area contributed by atoms with E-state index >= 15 is 0 Å². The predicted octanol–water partition coefficient (Wildman–Crippen LogP) is 0.855. The van der Waals surface area contributed by atoms with Gasteiger partial charge >= 0.3 is 5.97 Å². The lowest BCUT2D eigenvalue weighted by molar-refractivity contribution is -0.158. The number of esters is 1. The molecule has 0 atom stereocenters. The maximum atomic E-state index is 11.6. The molecule has 0 aromatic carbocycles. The van der Waals surface area contributed by atoms with E-state index in [2.05, 4.69) is 5.16 Å². The van der Waals surface area contributed by atoms with Crippen LogP contribution in [0, 0.1) is 5.41 Å². The largest absolute Gasteiger partial charge is 0.459 e. The summed E-state index contributed by atoms with van der Waals surface area (Å²) in [4.78, 5) is 11.6. The molecule has 0 heterocycles. The Morgan fingerprint density at radius 2 is 2.00 bits per heavy atom. The predicted molar refractivity (Wildman–Crippen MR) is 50.9 cm³/mol. The van der Waals surface area contributed by atoms with Crippen molar-refractivity contribution in [3.63, 3.8) is 0 Å². The van der Waals surface area contributed by atoms with Crippen LogP contribution in [0.1, 0.15) is 33.6 Å². The summed E-state index contributed by atoms with van der Waals surface area (Å²) in [5, 5.41) is 11.4. The second kappa shape index (κ2) is 3.15. The summed E-state index contributed by atoms with van der Waals surface area (Å²) in [6.45, 7) is 5.35. The summed E-state index contributed by atoms with van der Waals surface area (Å²) in [7, 11) is 0. The summed E-state index contributed by atoms with van der Waals surface area (Å²) in [5.41, 5.74) is 4.03. The van der Waals surface area contributed by atoms with E-state index < -0.39 is 17.0 Å². The van der Waals surface area contributed by atoms with Gasteiger partial charge in [0.25, 0.3) is 0 Å². The molecule has 5 nitrogen and oxygen atoms in total. The molecule has 5 heteroatoms. The van der Waals surface area contributed by atoms with Gasteiger partial charge in [-0.05, 0) is 33.6 Å². The highest BCUT2D eigenvalue weighted by Gasteiger charge is 2.56. The third-order valence-electron chi connectivity index (χ3n) is 2.14. The molecule has 0 bridgehead atoms. The van der Waals surface area contributed by atoms with Gasteiger partial charge in [0.05, 0.1) is 0 Å². The zero-order chi connectivity index (χ0) is 11.0. The topological polar surface area (TPSA) is 84.9 Å². The molecule has 0 saturated heterocycles. The quantitative estimate of drug-likeness (QED) is 0.227. The summed E-state index contributed by atoms with van der Waals surface area (Å²) in [5.74, 6) is -0.452. The van der Waals surface area contributed by atoms with Gasteiger partial charge < -0.3 is 15.7 Å². The van der Waals surface area contributed by atoms with Gasteiger partial charge in [-0.1, -0.05) is 5.16 Å². The zero-order valence-electron chi connectivity index (χ0n) is 8.70. The van der Waals surface area contributed by atoms with Crippen LogP contribution < -0.4 is 5.73 Å². The normalized spacial score (nSPS) is 20.4. The van der Waals surface area contributed by atoms with Crippen molar-refractivity contribution in [1.82, 2.24) is 0 Å². The number of nitrogens with zero attached hydrogens (tertiary/aromatic N) is 1. The molecule has 1 fully saturated rings. The molecule has 0 aromatic heterocycles. The second-order valence-electron chi connectivity index (χ2n) is 4.57. The Balaban J connectivity index is 2.71. The van der Waals surface area contributed by atoms with Gasteiger partial charge in [0, 0.05) is 0 Å². The van der Waals surface area contributed by atoms with E-state index in [1.807, 2.05) is 0 Å². The first kappa shape index (κ1) is 10.8. The molecule has 0 spiro atoms. The van der Waals surface area contributed by atoms with Crippen LogP contribution in [-0.2, 0) is 9.53 Å². The lowest BCUT2D eigenvalue weighted by atomic mass is 10.1. The van der Waals surface area contributed by atoms with E-state index in [0.717, 1.165) is 0 Å². The number of carbonyl (C=O) groups excluding carboxylic acids is 1. The molecule has 0 amide bonds. The highest BCUT2D eigenvalue weighted by atomic mass is 16.6. The van der Waals surface area contributed by atoms with Gasteiger partial charge in [-0.15, -0.1) is 0 Å². The number of carbonyl (C=O) groups is 1. The van der Waals surface area contributed by atoms with Gasteiger partial charge in [0.1, 0.15) is 11.0 Å². The summed E-state index contributed by atoms with van der Waals surface area (Å²) < 4.78 is 5.18. The molecule has 80 valence electrons. The molecule has 1 aliphatic carbocycles. The standard InChI is InChI=1S/C9H16N2O3/c1-8(2,3)14-7(12)9(4-5-9)6(10)11-13/h13H,4-5H2,1-3H3,(H2,10,11). The first-order chi connectivity index (χ1) is 6.32. The minimum atomic E-state index is -0.859. The SMILES string of the molecule is CC(C)(C)OC(=O)C1(/C(N)=N/O)CC1. The summed E-state index contributed by atoms with van der Waals surface area (Å²) >= 11 is 0. The molecule has 1 aliphatic rings. The smallest absolute Gasteiger partial charge is 0.320 e. The van der Waals surface area contributed by atoms with E-state index in [-0.39, 0.29) is 5.84 Å². The first-order valence-electron chi connectivity index (χ1n) is 4.53. The molecule has 0 unspecified atom stereocenters. The number of ether oxygens (including phenoxy) is 1. The van der Waals surface area contributed by atoms with Crippen LogP contribution >= 0.6 is 0 Å². The molecule has 0 radical (unpaired) electrons. The van der Waals surface area contributed by atoms with Gasteiger partial charge in [0.2, 0.25) is 0 Å². The molecule has 3 N–H and O–H groups in total. The third-order valence-corrected chi connectivity index (χ3v) is 2.14. The molecule has 0 aliphatic heterocycles. The van der Waals surface area contributed by atoms with Crippen molar-refractivity contribution < 1.29 is 14.7 Å². The van der Waals surface area contributed by atoms with Crippen molar-refractivity contribution in [3.05, 3.63) is 0 Å². The van der Waals surface area contributed by atoms with Gasteiger partial charge in [-0.2, -0.15) is 0 Å². The Hall–Kier alpha value is -1.26. The average Bonchev–Trinajstić information content (AvgIpc) is 2.80. The third kappa shape index (κ3) is 1.97. The van der Waals surface area contributed by atoms with Crippen molar-refractivity contribution in [2.75, 3.05) is 0 Å². The molecular formula is C9H16N2O3. The van der Waals surface area contributed by atoms with Crippen LogP contribution in [-0.4, -0.2) is 22.6 Å². The lowest BCUT2D eigenvalue weighted by Gasteiger charge is -2.23. The number of rotatable bonds is 2. The zero-order valence-corrected chi connectivity index (χ0v) is 8.70. The van der Waals surface area contributed by atoms with E-state index in [9.17, 15) is 4.79 Å². The minimum absolute atomic E-state index is 0.0493. The Bertz CT molecular complexity index is 274. The van der Waals surface area contributed by atoms with Crippen LogP contribution in [0.3, 0.4) is 0 Å². The highest BCUT2D eigenvalue weighted by molar-refractivity contribution is 6.07. The van der Waals surface area contributed by atoms with Crippen molar-refractivity contribution in [3.8, 4) is 0 Å². The number of nitrogens with two attached hydrogens (primary N) is 1. The van der Waals surface area contributed by atoms with Crippen LogP contribution in [0.4, 0.5) is 0 Å². The first-order valence-corrected chi connectivity index (χ1v) is 4.53. The Morgan fingerprint density at radius 3 is 2.29 bits per heavy atom. The Kier molecular flexibility index (Phi) is 2.43. The fraction of sp³-hybridized carbons (Fsp3) is 0.778. The van der Waals surface area contributed by atoms with E-state index in [0.29, 0.717) is 12.8 Å². The van der Waals surface area contributed by atoms with Crippen molar-refractivity contribution in [2.24, 2.45) is 16.3 Å². The fourth-order valence-corrected chi connectivity index (χ4v) is 1.16. The maximum absolute atomic E-state index is 11.6. The van der Waals surface area contributed by atoms with Gasteiger partial charge in [0.15, 0.2) is 5.84 Å². The van der Waals surface area contributed by atoms with Crippen molar-refractivity contribution >= 4 is 11.8 Å². The van der Waals surface area contributed by atoms with Gasteiger partial charge in [-0.3, -0.25) is 4.79 Å². The van der Waals surface area contributed by atoms with Crippen molar-refractivity contribution in [2.45, 2.75) is 39.2 Å². The molecule has 14 heavy (non-hydrogen) atoms. The second-order valence-corrected chi connectivity index (χ2v) is 4.57. The lowest BCUT2D eigenvalue weighted by Crippen LogP contribution is -2.37. The molecule has 1 rings (SSSR count). The summed E-state index contributed by atoms with van der Waals surface area (Å²) in [6, 6.07) is 0. The number of hydrogen-bond acceptors (Lipinski definition) is 4. The maximum Gasteiger partial charge on any atom is 0.320 e.